The molecule has 0 bridgehead atoms. The Hall–Kier alpha value is -1.52. The maximum Gasteiger partial charge on any atom is 0.157 e. The first-order chi connectivity index (χ1) is 15.4. The molecule has 178 valence electrons. The highest BCUT2D eigenvalue weighted by molar-refractivity contribution is 6.29. The van der Waals surface area contributed by atoms with Gasteiger partial charge in [-0.05, 0) is 89.1 Å². The fraction of sp³-hybridized carbons (Fsp3) is 0.667. The Labute approximate surface area is 201 Å². The van der Waals surface area contributed by atoms with Crippen molar-refractivity contribution in [3.05, 3.63) is 40.5 Å². The zero-order chi connectivity index (χ0) is 23.7. The average molecular weight is 459 g/mol. The zero-order valence-electron chi connectivity index (χ0n) is 20.9. The molecule has 5 heteroatoms. The van der Waals surface area contributed by atoms with E-state index in [9.17, 15) is 0 Å². The maximum atomic E-state index is 8.96. The van der Waals surface area contributed by atoms with Crippen molar-refractivity contribution < 1.29 is 0 Å². The second kappa shape index (κ2) is 13.3. The molecular formula is C27H43ClN4. The monoisotopic (exact) mass is 458 g/mol. The van der Waals surface area contributed by atoms with Gasteiger partial charge in [0.2, 0.25) is 0 Å². The molecular weight excluding hydrogens is 416 g/mol. The van der Waals surface area contributed by atoms with Crippen LogP contribution in [0.3, 0.4) is 0 Å². The lowest BCUT2D eigenvalue weighted by atomic mass is 9.78. The Bertz CT molecular complexity index is 814. The molecule has 1 saturated heterocycles. The van der Waals surface area contributed by atoms with E-state index in [-0.39, 0.29) is 5.92 Å². The van der Waals surface area contributed by atoms with E-state index in [4.69, 9.17) is 22.0 Å². The Kier molecular flexibility index (Phi) is 11.1. The Balaban J connectivity index is 0.00000176. The number of halogens is 1. The fourth-order valence-electron chi connectivity index (χ4n) is 4.97. The predicted octanol–water partition coefficient (Wildman–Crippen LogP) is 7.52. The van der Waals surface area contributed by atoms with Crippen molar-refractivity contribution >= 4 is 22.9 Å². The van der Waals surface area contributed by atoms with Crippen LogP contribution < -0.4 is 0 Å². The Morgan fingerprint density at radius 2 is 1.97 bits per heavy atom. The first-order valence-corrected chi connectivity index (χ1v) is 13.0. The zero-order valence-corrected chi connectivity index (χ0v) is 21.7. The van der Waals surface area contributed by atoms with Crippen molar-refractivity contribution in [3.8, 4) is 0 Å². The van der Waals surface area contributed by atoms with E-state index in [1.807, 2.05) is 19.9 Å². The highest BCUT2D eigenvalue weighted by Crippen LogP contribution is 2.34. The van der Waals surface area contributed by atoms with Crippen molar-refractivity contribution in [1.82, 2.24) is 14.9 Å². The van der Waals surface area contributed by atoms with Gasteiger partial charge in [0.15, 0.2) is 5.82 Å². The third-order valence-electron chi connectivity index (χ3n) is 6.85. The minimum atomic E-state index is 0.173. The van der Waals surface area contributed by atoms with Crippen LogP contribution in [0.15, 0.2) is 23.8 Å². The van der Waals surface area contributed by atoms with Crippen LogP contribution in [0.25, 0.3) is 5.57 Å². The molecule has 3 rings (SSSR count). The van der Waals surface area contributed by atoms with Crippen LogP contribution >= 0.6 is 11.6 Å². The lowest BCUT2D eigenvalue weighted by Gasteiger charge is -2.27. The van der Waals surface area contributed by atoms with E-state index in [2.05, 4.69) is 37.4 Å². The summed E-state index contributed by atoms with van der Waals surface area (Å²) in [7, 11) is 2.21. The molecule has 0 unspecified atom stereocenters. The molecule has 2 atom stereocenters. The average Bonchev–Trinajstić information content (AvgIpc) is 3.21. The van der Waals surface area contributed by atoms with Crippen LogP contribution in [-0.4, -0.2) is 40.2 Å². The summed E-state index contributed by atoms with van der Waals surface area (Å²) < 4.78 is 0. The van der Waals surface area contributed by atoms with E-state index >= 15 is 0 Å². The van der Waals surface area contributed by atoms with Crippen LogP contribution in [0, 0.1) is 11.3 Å². The van der Waals surface area contributed by atoms with Gasteiger partial charge >= 0.3 is 0 Å². The number of aromatic nitrogens is 2. The van der Waals surface area contributed by atoms with Crippen molar-refractivity contribution in [2.24, 2.45) is 5.92 Å². The van der Waals surface area contributed by atoms with E-state index in [0.717, 1.165) is 61.1 Å². The third-order valence-corrected chi connectivity index (χ3v) is 7.04. The molecule has 0 spiro atoms. The molecule has 2 heterocycles. The van der Waals surface area contributed by atoms with Crippen LogP contribution in [0.2, 0.25) is 5.15 Å². The summed E-state index contributed by atoms with van der Waals surface area (Å²) in [5, 5.41) is 9.46. The summed E-state index contributed by atoms with van der Waals surface area (Å²) in [5.41, 5.74) is 5.02. The van der Waals surface area contributed by atoms with Crippen molar-refractivity contribution in [2.45, 2.75) is 97.9 Å². The smallest absolute Gasteiger partial charge is 0.157 e. The van der Waals surface area contributed by atoms with Gasteiger partial charge in [-0.1, -0.05) is 57.4 Å². The molecule has 1 N–H and O–H groups in total. The van der Waals surface area contributed by atoms with Gasteiger partial charge in [-0.25, -0.2) is 9.97 Å². The van der Waals surface area contributed by atoms with E-state index in [1.54, 1.807) is 0 Å². The largest absolute Gasteiger partial charge is 0.304 e. The number of hydrogen-bond donors (Lipinski definition) is 1. The first-order valence-electron chi connectivity index (χ1n) is 12.6. The van der Waals surface area contributed by atoms with Crippen LogP contribution in [0.1, 0.15) is 97.0 Å². The van der Waals surface area contributed by atoms with Crippen LogP contribution in [-0.2, 0) is 6.42 Å². The molecule has 1 aliphatic heterocycles. The summed E-state index contributed by atoms with van der Waals surface area (Å²) in [5.74, 6) is 0.860. The second-order valence-corrected chi connectivity index (χ2v) is 9.43. The Morgan fingerprint density at radius 1 is 1.22 bits per heavy atom. The molecule has 4 nitrogen and oxygen atoms in total. The van der Waals surface area contributed by atoms with Crippen molar-refractivity contribution in [3.63, 3.8) is 0 Å². The van der Waals surface area contributed by atoms with E-state index in [0.29, 0.717) is 17.0 Å². The quantitative estimate of drug-likeness (QED) is 0.249. The van der Waals surface area contributed by atoms with Gasteiger partial charge in [0.1, 0.15) is 5.15 Å². The predicted molar refractivity (Wildman–Crippen MR) is 139 cm³/mol. The minimum absolute atomic E-state index is 0.173. The molecule has 1 aromatic heterocycles. The molecule has 1 aromatic rings. The van der Waals surface area contributed by atoms with Gasteiger partial charge < -0.3 is 10.3 Å². The van der Waals surface area contributed by atoms with E-state index < -0.39 is 0 Å². The SMILES string of the molecule is C=C1CCCC[C@@H]1C(=N)/C(CCC)=C(\C)c1nc(Cl)cc(CC[C@@H]2CCCN2C)n1.CC. The van der Waals surface area contributed by atoms with Crippen molar-refractivity contribution in [1.29, 1.82) is 5.41 Å². The number of likely N-dealkylation sites (tertiary alicyclic amines) is 1. The number of aryl methyl sites for hydroxylation is 1. The number of nitrogens with zero attached hydrogens (tertiary/aromatic N) is 3. The van der Waals surface area contributed by atoms with Gasteiger partial charge in [0.25, 0.3) is 0 Å². The lowest BCUT2D eigenvalue weighted by Crippen LogP contribution is -2.25. The number of hydrogen-bond acceptors (Lipinski definition) is 4. The van der Waals surface area contributed by atoms with Crippen LogP contribution in [0.5, 0.6) is 0 Å². The number of nitrogens with one attached hydrogen (secondary N) is 1. The molecule has 1 saturated carbocycles. The van der Waals surface area contributed by atoms with Crippen LogP contribution in [0.4, 0.5) is 0 Å². The lowest BCUT2D eigenvalue weighted by molar-refractivity contribution is 0.296. The summed E-state index contributed by atoms with van der Waals surface area (Å²) in [4.78, 5) is 11.9. The molecule has 1 aliphatic carbocycles. The van der Waals surface area contributed by atoms with Gasteiger partial charge in [0.05, 0.1) is 0 Å². The third kappa shape index (κ3) is 6.99. The summed E-state index contributed by atoms with van der Waals surface area (Å²) >= 11 is 6.40. The van der Waals surface area contributed by atoms with Gasteiger partial charge in [0, 0.05) is 23.4 Å². The molecule has 2 aliphatic rings. The van der Waals surface area contributed by atoms with Gasteiger partial charge in [-0.2, -0.15) is 0 Å². The number of allylic oxidation sites excluding steroid dienone is 3. The molecule has 32 heavy (non-hydrogen) atoms. The second-order valence-electron chi connectivity index (χ2n) is 9.04. The first kappa shape index (κ1) is 26.7. The molecule has 2 fully saturated rings. The Morgan fingerprint density at radius 3 is 2.59 bits per heavy atom. The highest BCUT2D eigenvalue weighted by Gasteiger charge is 2.26. The highest BCUT2D eigenvalue weighted by atomic mass is 35.5. The fourth-order valence-corrected chi connectivity index (χ4v) is 5.17. The topological polar surface area (TPSA) is 52.9 Å². The maximum absolute atomic E-state index is 8.96. The minimum Gasteiger partial charge on any atom is -0.304 e. The summed E-state index contributed by atoms with van der Waals surface area (Å²) in [6.45, 7) is 13.7. The molecule has 0 aromatic carbocycles. The summed E-state index contributed by atoms with van der Waals surface area (Å²) in [6.07, 6.45) is 10.9. The van der Waals surface area contributed by atoms with Gasteiger partial charge in [-0.15, -0.1) is 0 Å². The molecule has 0 radical (unpaired) electrons. The van der Waals surface area contributed by atoms with Crippen molar-refractivity contribution in [2.75, 3.05) is 13.6 Å². The molecule has 0 amide bonds. The standard InChI is InChI=1S/C25H37ClN4.C2H6/c1-5-9-22(24(27)21-12-7-6-10-17(21)2)18(3)25-28-19(16-23(26)29-25)13-14-20-11-8-15-30(20)4;1-2/h16,20-21,27H,2,5-15H2,1,3-4H3;1-2H3/b22-18+,27-24?;/t20-,21-;/m0./s1. The van der Waals surface area contributed by atoms with Gasteiger partial charge in [-0.3, -0.25) is 0 Å². The summed E-state index contributed by atoms with van der Waals surface area (Å²) in [6, 6.07) is 2.54. The van der Waals surface area contributed by atoms with E-state index in [1.165, 1.54) is 37.8 Å². The normalized spacial score (nSPS) is 22.2. The number of rotatable bonds is 8.